The lowest BCUT2D eigenvalue weighted by atomic mass is 9.49. The Balaban J connectivity index is 1.17. The van der Waals surface area contributed by atoms with E-state index in [9.17, 15) is 20.0 Å². The van der Waals surface area contributed by atoms with Gasteiger partial charge in [-0.05, 0) is 68.4 Å². The fourth-order valence-electron chi connectivity index (χ4n) is 6.33. The summed E-state index contributed by atoms with van der Waals surface area (Å²) in [5.41, 5.74) is 0.971. The van der Waals surface area contributed by atoms with E-state index in [0.29, 0.717) is 23.3 Å². The number of aromatic nitrogens is 2. The van der Waals surface area contributed by atoms with Crippen molar-refractivity contribution >= 4 is 28.5 Å². The number of aromatic amines is 1. The maximum Gasteiger partial charge on any atom is 0.325 e. The minimum atomic E-state index is -0.656. The lowest BCUT2D eigenvalue weighted by Gasteiger charge is -2.55. The Labute approximate surface area is 185 Å². The summed E-state index contributed by atoms with van der Waals surface area (Å²) < 4.78 is 5.10. The number of imidazole rings is 1. The number of benzene rings is 1. The van der Waals surface area contributed by atoms with Crippen molar-refractivity contribution in [3.05, 3.63) is 35.8 Å². The van der Waals surface area contributed by atoms with E-state index in [1.807, 2.05) is 24.3 Å². The minimum Gasteiger partial charge on any atom is -0.507 e. The van der Waals surface area contributed by atoms with E-state index < -0.39 is 18.3 Å². The summed E-state index contributed by atoms with van der Waals surface area (Å²) in [6, 6.07) is 9.15. The third kappa shape index (κ3) is 3.72. The van der Waals surface area contributed by atoms with Gasteiger partial charge in [-0.15, -0.1) is 0 Å². The highest BCUT2D eigenvalue weighted by molar-refractivity contribution is 5.87. The molecule has 4 fully saturated rings. The zero-order valence-corrected chi connectivity index (χ0v) is 17.8. The van der Waals surface area contributed by atoms with Crippen LogP contribution in [0.4, 0.5) is 0 Å². The molecule has 4 aliphatic carbocycles. The van der Waals surface area contributed by atoms with Crippen molar-refractivity contribution in [2.75, 3.05) is 13.2 Å². The SMILES string of the molecule is N#C/C(=C(/O)COC(=O)CNC(=O)C12CC3CC(CC(C3)C1)C2)c1nc2ccccc2[nH]1. The van der Waals surface area contributed by atoms with Gasteiger partial charge in [-0.1, -0.05) is 12.1 Å². The first-order valence-corrected chi connectivity index (χ1v) is 11.2. The minimum absolute atomic E-state index is 0.0479. The maximum atomic E-state index is 12.9. The third-order valence-corrected chi connectivity index (χ3v) is 7.31. The van der Waals surface area contributed by atoms with Gasteiger partial charge in [0.15, 0.2) is 11.6 Å². The van der Waals surface area contributed by atoms with Gasteiger partial charge in [-0.25, -0.2) is 4.98 Å². The number of hydrogen-bond donors (Lipinski definition) is 3. The number of ether oxygens (including phenoxy) is 1. The second kappa shape index (κ2) is 7.97. The van der Waals surface area contributed by atoms with Crippen molar-refractivity contribution in [3.8, 4) is 6.07 Å². The maximum absolute atomic E-state index is 12.9. The molecule has 0 aliphatic heterocycles. The Morgan fingerprint density at radius 2 is 1.84 bits per heavy atom. The van der Waals surface area contributed by atoms with Gasteiger partial charge < -0.3 is 20.1 Å². The molecule has 166 valence electrons. The number of H-pyrrole nitrogens is 1. The highest BCUT2D eigenvalue weighted by Gasteiger charge is 2.54. The molecule has 0 radical (unpaired) electrons. The van der Waals surface area contributed by atoms with Crippen LogP contribution in [0.1, 0.15) is 44.3 Å². The van der Waals surface area contributed by atoms with Gasteiger partial charge in [0.25, 0.3) is 0 Å². The van der Waals surface area contributed by atoms with Gasteiger partial charge in [-0.2, -0.15) is 5.26 Å². The van der Waals surface area contributed by atoms with Crippen LogP contribution >= 0.6 is 0 Å². The Morgan fingerprint density at radius 3 is 2.47 bits per heavy atom. The number of nitriles is 1. The molecule has 6 rings (SSSR count). The fraction of sp³-hybridized carbons (Fsp3) is 0.500. The van der Waals surface area contributed by atoms with E-state index in [0.717, 1.165) is 24.8 Å². The summed E-state index contributed by atoms with van der Waals surface area (Å²) in [5.74, 6) is 1.03. The third-order valence-electron chi connectivity index (χ3n) is 7.31. The Kier molecular flexibility index (Phi) is 5.12. The van der Waals surface area contributed by atoms with Crippen molar-refractivity contribution < 1.29 is 19.4 Å². The van der Waals surface area contributed by atoms with E-state index in [2.05, 4.69) is 15.3 Å². The number of rotatable bonds is 6. The van der Waals surface area contributed by atoms with Crippen LogP contribution in [0.5, 0.6) is 0 Å². The Morgan fingerprint density at radius 1 is 1.19 bits per heavy atom. The number of fused-ring (bicyclic) bond motifs is 1. The van der Waals surface area contributed by atoms with Crippen molar-refractivity contribution in [2.24, 2.45) is 23.2 Å². The molecule has 8 nitrogen and oxygen atoms in total. The van der Waals surface area contributed by atoms with Crippen LogP contribution in [0.3, 0.4) is 0 Å². The highest BCUT2D eigenvalue weighted by atomic mass is 16.5. The molecular weight excluding hydrogens is 408 g/mol. The predicted octanol–water partition coefficient (Wildman–Crippen LogP) is 3.23. The summed E-state index contributed by atoms with van der Waals surface area (Å²) in [6.07, 6.45) is 6.50. The first kappa shape index (κ1) is 20.6. The number of esters is 1. The topological polar surface area (TPSA) is 128 Å². The van der Waals surface area contributed by atoms with Gasteiger partial charge in [-0.3, -0.25) is 9.59 Å². The van der Waals surface area contributed by atoms with Gasteiger partial charge in [0, 0.05) is 5.41 Å². The Hall–Kier alpha value is -3.34. The molecule has 32 heavy (non-hydrogen) atoms. The molecule has 4 aliphatic rings. The molecule has 8 heteroatoms. The number of nitrogens with zero attached hydrogens (tertiary/aromatic N) is 2. The average molecular weight is 434 g/mol. The van der Waals surface area contributed by atoms with Crippen LogP contribution in [-0.4, -0.2) is 40.1 Å². The predicted molar refractivity (Wildman–Crippen MR) is 116 cm³/mol. The van der Waals surface area contributed by atoms with Crippen LogP contribution in [0.2, 0.25) is 0 Å². The average Bonchev–Trinajstić information content (AvgIpc) is 3.19. The van der Waals surface area contributed by atoms with E-state index in [-0.39, 0.29) is 29.3 Å². The van der Waals surface area contributed by atoms with Gasteiger partial charge >= 0.3 is 5.97 Å². The molecule has 2 aromatic rings. The van der Waals surface area contributed by atoms with Crippen LogP contribution in [0, 0.1) is 34.5 Å². The normalized spacial score (nSPS) is 28.8. The molecule has 1 heterocycles. The molecule has 3 N–H and O–H groups in total. The molecule has 4 bridgehead atoms. The van der Waals surface area contributed by atoms with Crippen LogP contribution in [0.25, 0.3) is 16.6 Å². The summed E-state index contributed by atoms with van der Waals surface area (Å²) in [5, 5.41) is 22.5. The number of allylic oxidation sites excluding steroid dienone is 1. The smallest absolute Gasteiger partial charge is 0.325 e. The number of carbonyl (C=O) groups is 2. The summed E-state index contributed by atoms with van der Waals surface area (Å²) >= 11 is 0. The Bertz CT molecular complexity index is 1070. The van der Waals surface area contributed by atoms with Crippen molar-refractivity contribution in [3.63, 3.8) is 0 Å². The highest BCUT2D eigenvalue weighted by Crippen LogP contribution is 2.60. The van der Waals surface area contributed by atoms with Crippen molar-refractivity contribution in [1.29, 1.82) is 5.26 Å². The molecule has 1 aromatic carbocycles. The molecule has 0 spiro atoms. The fourth-order valence-corrected chi connectivity index (χ4v) is 6.33. The molecular formula is C24H26N4O4. The quantitative estimate of drug-likeness (QED) is 0.364. The molecule has 1 amide bonds. The number of amides is 1. The molecule has 0 atom stereocenters. The lowest BCUT2D eigenvalue weighted by molar-refractivity contribution is -0.150. The monoisotopic (exact) mass is 434 g/mol. The van der Waals surface area contributed by atoms with Gasteiger partial charge in [0.05, 0.1) is 11.0 Å². The molecule has 1 aromatic heterocycles. The van der Waals surface area contributed by atoms with Crippen molar-refractivity contribution in [1.82, 2.24) is 15.3 Å². The van der Waals surface area contributed by atoms with Gasteiger partial charge in [0.2, 0.25) is 5.91 Å². The van der Waals surface area contributed by atoms with Crippen LogP contribution < -0.4 is 5.32 Å². The molecule has 0 saturated heterocycles. The lowest BCUT2D eigenvalue weighted by Crippen LogP contribution is -2.54. The number of aliphatic hydroxyl groups excluding tert-OH is 1. The second-order valence-electron chi connectivity index (χ2n) is 9.58. The van der Waals surface area contributed by atoms with E-state index in [1.54, 1.807) is 6.07 Å². The van der Waals surface area contributed by atoms with E-state index in [4.69, 9.17) is 4.74 Å². The number of para-hydroxylation sites is 2. The standard InChI is InChI=1S/C24H26N4O4/c25-11-17(22-27-18-3-1-2-4-19(18)28-22)20(29)13-32-21(30)12-26-23(31)24-8-14-5-15(9-24)7-16(6-14)10-24/h1-4,14-16,29H,5-10,12-13H2,(H,26,31)(H,27,28)/b20-17-. The zero-order valence-electron chi connectivity index (χ0n) is 17.8. The number of aliphatic hydroxyl groups is 1. The first-order valence-electron chi connectivity index (χ1n) is 11.2. The summed E-state index contributed by atoms with van der Waals surface area (Å²) in [4.78, 5) is 32.4. The number of hydrogen-bond acceptors (Lipinski definition) is 6. The second-order valence-corrected chi connectivity index (χ2v) is 9.58. The molecule has 0 unspecified atom stereocenters. The molecule has 4 saturated carbocycles. The summed E-state index contributed by atoms with van der Waals surface area (Å²) in [6.45, 7) is -0.716. The van der Waals surface area contributed by atoms with E-state index >= 15 is 0 Å². The van der Waals surface area contributed by atoms with E-state index in [1.165, 1.54) is 19.3 Å². The first-order chi connectivity index (χ1) is 15.5. The van der Waals surface area contributed by atoms with Crippen LogP contribution in [-0.2, 0) is 14.3 Å². The number of nitrogens with one attached hydrogen (secondary N) is 2. The largest absolute Gasteiger partial charge is 0.507 e. The number of carbonyl (C=O) groups excluding carboxylic acids is 2. The summed E-state index contributed by atoms with van der Waals surface area (Å²) in [7, 11) is 0. The van der Waals surface area contributed by atoms with Crippen molar-refractivity contribution in [2.45, 2.75) is 38.5 Å². The zero-order chi connectivity index (χ0) is 22.3. The van der Waals surface area contributed by atoms with Gasteiger partial charge in [0.1, 0.15) is 24.8 Å². The van der Waals surface area contributed by atoms with Crippen LogP contribution in [0.15, 0.2) is 30.0 Å².